The van der Waals surface area contributed by atoms with Gasteiger partial charge in [-0.15, -0.1) is 11.6 Å². The minimum atomic E-state index is -0.510. The summed E-state index contributed by atoms with van der Waals surface area (Å²) in [5.41, 5.74) is 1.15. The zero-order valence-corrected chi connectivity index (χ0v) is 11.5. The van der Waals surface area contributed by atoms with E-state index in [1.807, 2.05) is 0 Å². The van der Waals surface area contributed by atoms with Gasteiger partial charge in [0.05, 0.1) is 5.69 Å². The lowest BCUT2D eigenvalue weighted by molar-refractivity contribution is -0.122. The van der Waals surface area contributed by atoms with Crippen molar-refractivity contribution in [2.75, 3.05) is 16.5 Å². The van der Waals surface area contributed by atoms with Crippen LogP contribution in [0.1, 0.15) is 13.8 Å². The second-order valence-corrected chi connectivity index (χ2v) is 4.81. The molecule has 0 spiro atoms. The van der Waals surface area contributed by atoms with Crippen LogP contribution in [0, 0.1) is 5.92 Å². The van der Waals surface area contributed by atoms with E-state index in [0.29, 0.717) is 17.1 Å². The summed E-state index contributed by atoms with van der Waals surface area (Å²) in [5.74, 6) is 0.212. The number of fused-ring (bicyclic) bond motifs is 1. The van der Waals surface area contributed by atoms with Crippen LogP contribution < -0.4 is 15.4 Å². The van der Waals surface area contributed by atoms with E-state index in [4.69, 9.17) is 16.3 Å². The predicted octanol–water partition coefficient (Wildman–Crippen LogP) is 2.22. The number of carbonyl (C=O) groups is 2. The Morgan fingerprint density at radius 3 is 3.00 bits per heavy atom. The van der Waals surface area contributed by atoms with Crippen LogP contribution in [-0.2, 0) is 9.59 Å². The maximum atomic E-state index is 11.7. The molecular formula is C13H15ClN2O3. The number of carbonyl (C=O) groups excluding carboxylic acids is 2. The Labute approximate surface area is 116 Å². The number of benzene rings is 1. The minimum Gasteiger partial charge on any atom is -0.479 e. The van der Waals surface area contributed by atoms with Gasteiger partial charge in [0.15, 0.2) is 6.10 Å². The Balaban J connectivity index is 2.15. The number of hydrogen-bond donors (Lipinski definition) is 2. The molecular weight excluding hydrogens is 268 g/mol. The summed E-state index contributed by atoms with van der Waals surface area (Å²) in [6, 6.07) is 5.10. The number of halogens is 1. The molecule has 0 saturated carbocycles. The second kappa shape index (κ2) is 5.48. The van der Waals surface area contributed by atoms with Crippen molar-refractivity contribution >= 4 is 34.8 Å². The fourth-order valence-electron chi connectivity index (χ4n) is 1.62. The molecule has 2 N–H and O–H groups in total. The molecule has 0 fully saturated rings. The van der Waals surface area contributed by atoms with Crippen molar-refractivity contribution in [3.05, 3.63) is 18.2 Å². The minimum absolute atomic E-state index is 0.161. The monoisotopic (exact) mass is 282 g/mol. The van der Waals surface area contributed by atoms with Crippen LogP contribution in [0.2, 0.25) is 0 Å². The van der Waals surface area contributed by atoms with Crippen molar-refractivity contribution in [1.82, 2.24) is 0 Å². The Hall–Kier alpha value is -1.75. The molecule has 1 aromatic rings. The summed E-state index contributed by atoms with van der Waals surface area (Å²) in [5, 5.41) is 5.46. The fraction of sp³-hybridized carbons (Fsp3) is 0.385. The Morgan fingerprint density at radius 1 is 1.58 bits per heavy atom. The molecule has 2 amide bonds. The highest BCUT2D eigenvalue weighted by Gasteiger charge is 2.23. The molecule has 1 aromatic carbocycles. The van der Waals surface area contributed by atoms with Crippen LogP contribution in [0.15, 0.2) is 18.2 Å². The van der Waals surface area contributed by atoms with E-state index in [1.165, 1.54) is 0 Å². The van der Waals surface area contributed by atoms with Crippen molar-refractivity contribution in [3.8, 4) is 5.75 Å². The number of nitrogens with one attached hydrogen (secondary N) is 2. The van der Waals surface area contributed by atoms with E-state index < -0.39 is 6.10 Å². The van der Waals surface area contributed by atoms with Gasteiger partial charge in [-0.25, -0.2) is 0 Å². The maximum Gasteiger partial charge on any atom is 0.265 e. The summed E-state index contributed by atoms with van der Waals surface area (Å²) >= 11 is 5.63. The van der Waals surface area contributed by atoms with Crippen LogP contribution in [0.25, 0.3) is 0 Å². The van der Waals surface area contributed by atoms with Gasteiger partial charge in [-0.3, -0.25) is 9.59 Å². The van der Waals surface area contributed by atoms with Crippen molar-refractivity contribution < 1.29 is 14.3 Å². The normalized spacial score (nSPS) is 18.9. The molecule has 0 saturated heterocycles. The van der Waals surface area contributed by atoms with Crippen LogP contribution >= 0.6 is 11.6 Å². The van der Waals surface area contributed by atoms with Crippen LogP contribution in [0.3, 0.4) is 0 Å². The SMILES string of the molecule is CC(CCl)C(=O)Nc1ccc2c(c1)NC(=O)C(C)O2. The zero-order valence-electron chi connectivity index (χ0n) is 10.7. The summed E-state index contributed by atoms with van der Waals surface area (Å²) in [7, 11) is 0. The molecule has 102 valence electrons. The van der Waals surface area contributed by atoms with Gasteiger partial charge in [-0.1, -0.05) is 6.92 Å². The first-order chi connectivity index (χ1) is 9.01. The Bertz CT molecular complexity index is 519. The summed E-state index contributed by atoms with van der Waals surface area (Å²) in [4.78, 5) is 23.2. The van der Waals surface area contributed by atoms with Gasteiger partial charge in [-0.05, 0) is 25.1 Å². The Kier molecular flexibility index (Phi) is 3.95. The molecule has 2 unspecified atom stereocenters. The molecule has 2 atom stereocenters. The molecule has 19 heavy (non-hydrogen) atoms. The average molecular weight is 283 g/mol. The van der Waals surface area contributed by atoms with E-state index >= 15 is 0 Å². The maximum absolute atomic E-state index is 11.7. The van der Waals surface area contributed by atoms with Gasteiger partial charge in [0.1, 0.15) is 5.75 Å². The van der Waals surface area contributed by atoms with Crippen LogP contribution in [-0.4, -0.2) is 23.8 Å². The van der Waals surface area contributed by atoms with Gasteiger partial charge in [0, 0.05) is 17.5 Å². The van der Waals surface area contributed by atoms with Gasteiger partial charge in [0.2, 0.25) is 5.91 Å². The lowest BCUT2D eigenvalue weighted by atomic mass is 10.1. The molecule has 0 bridgehead atoms. The zero-order chi connectivity index (χ0) is 14.0. The number of amides is 2. The molecule has 6 heteroatoms. The van der Waals surface area contributed by atoms with E-state index in [0.717, 1.165) is 0 Å². The van der Waals surface area contributed by atoms with Gasteiger partial charge in [0.25, 0.3) is 5.91 Å². The number of hydrogen-bond acceptors (Lipinski definition) is 3. The third-order valence-electron chi connectivity index (χ3n) is 2.86. The smallest absolute Gasteiger partial charge is 0.265 e. The summed E-state index contributed by atoms with van der Waals surface area (Å²) < 4.78 is 5.43. The van der Waals surface area contributed by atoms with Gasteiger partial charge in [-0.2, -0.15) is 0 Å². The third-order valence-corrected chi connectivity index (χ3v) is 3.32. The van der Waals surface area contributed by atoms with E-state index in [-0.39, 0.29) is 23.6 Å². The topological polar surface area (TPSA) is 67.4 Å². The third kappa shape index (κ3) is 2.98. The van der Waals surface area contributed by atoms with Crippen molar-refractivity contribution in [2.45, 2.75) is 20.0 Å². The Morgan fingerprint density at radius 2 is 2.32 bits per heavy atom. The number of rotatable bonds is 3. The highest BCUT2D eigenvalue weighted by molar-refractivity contribution is 6.19. The van der Waals surface area contributed by atoms with E-state index in [1.54, 1.807) is 32.0 Å². The quantitative estimate of drug-likeness (QED) is 0.836. The first-order valence-electron chi connectivity index (χ1n) is 5.99. The number of anilines is 2. The number of alkyl halides is 1. The molecule has 1 aliphatic heterocycles. The fourth-order valence-corrected chi connectivity index (χ4v) is 1.76. The molecule has 1 aliphatic rings. The van der Waals surface area contributed by atoms with Crippen LogP contribution in [0.5, 0.6) is 5.75 Å². The first kappa shape index (κ1) is 13.7. The number of ether oxygens (including phenoxy) is 1. The molecule has 0 aromatic heterocycles. The standard InChI is InChI=1S/C13H15ClN2O3/c1-7(6-14)12(17)15-9-3-4-11-10(5-9)16-13(18)8(2)19-11/h3-5,7-8H,6H2,1-2H3,(H,15,17)(H,16,18). The van der Waals surface area contributed by atoms with Gasteiger partial charge < -0.3 is 15.4 Å². The lowest BCUT2D eigenvalue weighted by Gasteiger charge is -2.23. The highest BCUT2D eigenvalue weighted by atomic mass is 35.5. The van der Waals surface area contributed by atoms with Crippen LogP contribution in [0.4, 0.5) is 11.4 Å². The van der Waals surface area contributed by atoms with Gasteiger partial charge >= 0.3 is 0 Å². The lowest BCUT2D eigenvalue weighted by Crippen LogP contribution is -2.34. The average Bonchev–Trinajstić information content (AvgIpc) is 2.39. The van der Waals surface area contributed by atoms with Crippen molar-refractivity contribution in [3.63, 3.8) is 0 Å². The van der Waals surface area contributed by atoms with Crippen molar-refractivity contribution in [2.24, 2.45) is 5.92 Å². The molecule has 5 nitrogen and oxygen atoms in total. The van der Waals surface area contributed by atoms with Crippen molar-refractivity contribution in [1.29, 1.82) is 0 Å². The largest absolute Gasteiger partial charge is 0.479 e. The second-order valence-electron chi connectivity index (χ2n) is 4.50. The van der Waals surface area contributed by atoms with E-state index in [9.17, 15) is 9.59 Å². The first-order valence-corrected chi connectivity index (χ1v) is 6.53. The highest BCUT2D eigenvalue weighted by Crippen LogP contribution is 2.32. The summed E-state index contributed by atoms with van der Waals surface area (Å²) in [6.45, 7) is 3.42. The predicted molar refractivity (Wildman–Crippen MR) is 73.7 cm³/mol. The summed E-state index contributed by atoms with van der Waals surface area (Å²) in [6.07, 6.45) is -0.510. The van der Waals surface area contributed by atoms with E-state index in [2.05, 4.69) is 10.6 Å². The molecule has 2 rings (SSSR count). The molecule has 1 heterocycles. The molecule has 0 radical (unpaired) electrons. The molecule has 0 aliphatic carbocycles.